The van der Waals surface area contributed by atoms with E-state index in [0.717, 1.165) is 11.3 Å². The summed E-state index contributed by atoms with van der Waals surface area (Å²) in [5.74, 6) is -0.870. The molecule has 0 spiro atoms. The zero-order chi connectivity index (χ0) is 18.8. The molecule has 0 atom stereocenters. The van der Waals surface area contributed by atoms with Gasteiger partial charge in [0.25, 0.3) is 5.91 Å². The van der Waals surface area contributed by atoms with Crippen molar-refractivity contribution < 1.29 is 13.9 Å². The molecule has 6 nitrogen and oxygen atoms in total. The maximum absolute atomic E-state index is 13.8. The Balaban J connectivity index is 1.68. The maximum atomic E-state index is 13.8. The SMILES string of the molecule is COc1ccc(NC(=O)c2cnn3c(-c4ccccc4)ccnc23)cc1F. The molecule has 0 radical (unpaired) electrons. The highest BCUT2D eigenvalue weighted by atomic mass is 19.1. The van der Waals surface area contributed by atoms with Crippen molar-refractivity contribution in [2.75, 3.05) is 12.4 Å². The van der Waals surface area contributed by atoms with E-state index < -0.39 is 11.7 Å². The predicted molar refractivity (Wildman–Crippen MR) is 99.3 cm³/mol. The first kappa shape index (κ1) is 16.7. The standard InChI is InChI=1S/C20H15FN4O2/c1-27-18-8-7-14(11-16(18)21)24-20(26)15-12-23-25-17(9-10-22-19(15)25)13-5-3-2-4-6-13/h2-12H,1H3,(H,24,26). The van der Waals surface area contributed by atoms with Crippen molar-refractivity contribution in [1.29, 1.82) is 0 Å². The van der Waals surface area contributed by atoms with Crippen molar-refractivity contribution in [1.82, 2.24) is 14.6 Å². The highest BCUT2D eigenvalue weighted by Gasteiger charge is 2.17. The lowest BCUT2D eigenvalue weighted by Crippen LogP contribution is -2.12. The number of ether oxygens (including phenoxy) is 1. The first-order chi connectivity index (χ1) is 13.2. The van der Waals surface area contributed by atoms with Gasteiger partial charge in [-0.1, -0.05) is 30.3 Å². The van der Waals surface area contributed by atoms with E-state index in [0.29, 0.717) is 16.9 Å². The third-order valence-corrected chi connectivity index (χ3v) is 4.13. The molecule has 0 bridgehead atoms. The zero-order valence-corrected chi connectivity index (χ0v) is 14.4. The van der Waals surface area contributed by atoms with Gasteiger partial charge in [-0.25, -0.2) is 13.9 Å². The van der Waals surface area contributed by atoms with Crippen LogP contribution in [0.15, 0.2) is 67.0 Å². The zero-order valence-electron chi connectivity index (χ0n) is 14.4. The molecule has 0 aliphatic carbocycles. The lowest BCUT2D eigenvalue weighted by atomic mass is 10.1. The van der Waals surface area contributed by atoms with Gasteiger partial charge in [0.05, 0.1) is 19.0 Å². The summed E-state index contributed by atoms with van der Waals surface area (Å²) in [5, 5.41) is 6.96. The van der Waals surface area contributed by atoms with Crippen LogP contribution in [0, 0.1) is 5.82 Å². The molecule has 1 N–H and O–H groups in total. The molecule has 0 unspecified atom stereocenters. The smallest absolute Gasteiger partial charge is 0.261 e. The van der Waals surface area contributed by atoms with Crippen molar-refractivity contribution in [3.05, 3.63) is 78.4 Å². The Morgan fingerprint density at radius 2 is 1.96 bits per heavy atom. The van der Waals surface area contributed by atoms with Crippen LogP contribution in [-0.4, -0.2) is 27.6 Å². The van der Waals surface area contributed by atoms with Gasteiger partial charge in [0.2, 0.25) is 0 Å². The normalized spacial score (nSPS) is 10.7. The van der Waals surface area contributed by atoms with Gasteiger partial charge in [-0.2, -0.15) is 5.10 Å². The van der Waals surface area contributed by atoms with Gasteiger partial charge in [0, 0.05) is 23.5 Å². The lowest BCUT2D eigenvalue weighted by Gasteiger charge is -2.07. The van der Waals surface area contributed by atoms with Crippen LogP contribution in [0.2, 0.25) is 0 Å². The Morgan fingerprint density at radius 1 is 1.15 bits per heavy atom. The number of carbonyl (C=O) groups is 1. The molecule has 0 saturated heterocycles. The molecular formula is C20H15FN4O2. The highest BCUT2D eigenvalue weighted by Crippen LogP contribution is 2.23. The summed E-state index contributed by atoms with van der Waals surface area (Å²) in [4.78, 5) is 16.9. The molecule has 1 amide bonds. The fourth-order valence-corrected chi connectivity index (χ4v) is 2.82. The van der Waals surface area contributed by atoms with E-state index >= 15 is 0 Å². The number of benzene rings is 2. The van der Waals surface area contributed by atoms with Crippen molar-refractivity contribution in [3.63, 3.8) is 0 Å². The second-order valence-electron chi connectivity index (χ2n) is 5.79. The number of nitrogens with one attached hydrogen (secondary N) is 1. The summed E-state index contributed by atoms with van der Waals surface area (Å²) in [6.45, 7) is 0. The van der Waals surface area contributed by atoms with Gasteiger partial charge in [-0.3, -0.25) is 4.79 Å². The van der Waals surface area contributed by atoms with Crippen molar-refractivity contribution in [2.45, 2.75) is 0 Å². The minimum atomic E-state index is -0.556. The van der Waals surface area contributed by atoms with E-state index in [-0.39, 0.29) is 5.75 Å². The highest BCUT2D eigenvalue weighted by molar-refractivity contribution is 6.08. The van der Waals surface area contributed by atoms with Crippen molar-refractivity contribution >= 4 is 17.2 Å². The van der Waals surface area contributed by atoms with Crippen molar-refractivity contribution in [3.8, 4) is 17.0 Å². The topological polar surface area (TPSA) is 68.5 Å². The van der Waals surface area contributed by atoms with Crippen LogP contribution in [0.25, 0.3) is 16.9 Å². The number of amides is 1. The minimum Gasteiger partial charge on any atom is -0.494 e. The van der Waals surface area contributed by atoms with Crippen LogP contribution >= 0.6 is 0 Å². The van der Waals surface area contributed by atoms with Crippen LogP contribution in [0.5, 0.6) is 5.75 Å². The summed E-state index contributed by atoms with van der Waals surface area (Å²) >= 11 is 0. The molecule has 134 valence electrons. The average molecular weight is 362 g/mol. The van der Waals surface area contributed by atoms with E-state index in [1.165, 1.54) is 25.4 Å². The fraction of sp³-hybridized carbons (Fsp3) is 0.0500. The molecule has 0 fully saturated rings. The van der Waals surface area contributed by atoms with Crippen LogP contribution in [0.1, 0.15) is 10.4 Å². The summed E-state index contributed by atoms with van der Waals surface area (Å²) in [6.07, 6.45) is 3.08. The molecule has 4 aromatic rings. The molecule has 7 heteroatoms. The Bertz CT molecular complexity index is 1130. The number of carbonyl (C=O) groups excluding carboxylic acids is 1. The van der Waals surface area contributed by atoms with Crippen LogP contribution in [-0.2, 0) is 0 Å². The Morgan fingerprint density at radius 3 is 2.70 bits per heavy atom. The van der Waals surface area contributed by atoms with Crippen LogP contribution < -0.4 is 10.1 Å². The number of fused-ring (bicyclic) bond motifs is 1. The number of methoxy groups -OCH3 is 1. The first-order valence-corrected chi connectivity index (χ1v) is 8.20. The van der Waals surface area contributed by atoms with E-state index in [9.17, 15) is 9.18 Å². The van der Waals surface area contributed by atoms with Gasteiger partial charge in [0.1, 0.15) is 5.56 Å². The number of halogens is 1. The molecule has 4 rings (SSSR count). The Kier molecular flexibility index (Phi) is 4.25. The third kappa shape index (κ3) is 3.10. The summed E-state index contributed by atoms with van der Waals surface area (Å²) in [6, 6.07) is 15.7. The molecule has 0 aliphatic rings. The fourth-order valence-electron chi connectivity index (χ4n) is 2.82. The van der Waals surface area contributed by atoms with Crippen molar-refractivity contribution in [2.24, 2.45) is 0 Å². The van der Waals surface area contributed by atoms with E-state index in [1.54, 1.807) is 16.8 Å². The molecule has 0 saturated carbocycles. The molecule has 2 aromatic heterocycles. The van der Waals surface area contributed by atoms with Gasteiger partial charge in [-0.05, 0) is 18.2 Å². The van der Waals surface area contributed by atoms with E-state index in [2.05, 4.69) is 15.4 Å². The number of hydrogen-bond acceptors (Lipinski definition) is 4. The molecular weight excluding hydrogens is 347 g/mol. The quantitative estimate of drug-likeness (QED) is 0.600. The summed E-state index contributed by atoms with van der Waals surface area (Å²) < 4.78 is 20.3. The summed E-state index contributed by atoms with van der Waals surface area (Å²) in [7, 11) is 1.38. The van der Waals surface area contributed by atoms with Crippen LogP contribution in [0.4, 0.5) is 10.1 Å². The van der Waals surface area contributed by atoms with Gasteiger partial charge < -0.3 is 10.1 Å². The monoisotopic (exact) mass is 362 g/mol. The van der Waals surface area contributed by atoms with E-state index in [4.69, 9.17) is 4.74 Å². The number of aromatic nitrogens is 3. The second kappa shape index (κ2) is 6.87. The predicted octanol–water partition coefficient (Wildman–Crippen LogP) is 3.80. The van der Waals surface area contributed by atoms with E-state index in [1.807, 2.05) is 36.4 Å². The largest absolute Gasteiger partial charge is 0.494 e. The van der Waals surface area contributed by atoms with Crippen LogP contribution in [0.3, 0.4) is 0 Å². The Labute approximate surface area is 154 Å². The van der Waals surface area contributed by atoms with Gasteiger partial charge in [0.15, 0.2) is 17.2 Å². The second-order valence-corrected chi connectivity index (χ2v) is 5.79. The van der Waals surface area contributed by atoms with Gasteiger partial charge in [-0.15, -0.1) is 0 Å². The number of rotatable bonds is 4. The molecule has 0 aliphatic heterocycles. The number of anilines is 1. The molecule has 2 aromatic carbocycles. The Hall–Kier alpha value is -3.74. The maximum Gasteiger partial charge on any atom is 0.261 e. The average Bonchev–Trinajstić information content (AvgIpc) is 3.13. The lowest BCUT2D eigenvalue weighted by molar-refractivity contribution is 0.102. The molecule has 2 heterocycles. The number of hydrogen-bond donors (Lipinski definition) is 1. The first-order valence-electron chi connectivity index (χ1n) is 8.20. The minimum absolute atomic E-state index is 0.109. The molecule has 27 heavy (non-hydrogen) atoms. The summed E-state index contributed by atoms with van der Waals surface area (Å²) in [5.41, 5.74) is 2.80. The third-order valence-electron chi connectivity index (χ3n) is 4.13. The van der Waals surface area contributed by atoms with Gasteiger partial charge >= 0.3 is 0 Å². The number of nitrogens with zero attached hydrogens (tertiary/aromatic N) is 3.